The lowest BCUT2D eigenvalue weighted by molar-refractivity contribution is -0.137. The molecule has 0 atom stereocenters. The lowest BCUT2D eigenvalue weighted by atomic mass is 9.94. The molecule has 0 saturated heterocycles. The maximum absolute atomic E-state index is 12.9. The maximum atomic E-state index is 12.9. The second kappa shape index (κ2) is 5.98. The van der Waals surface area contributed by atoms with Crippen LogP contribution in [0.2, 0.25) is 0 Å². The highest BCUT2D eigenvalue weighted by Crippen LogP contribution is 2.48. The fraction of sp³-hybridized carbons (Fsp3) is 0.353. The molecule has 24 heavy (non-hydrogen) atoms. The van der Waals surface area contributed by atoms with Crippen LogP contribution < -0.4 is 11.1 Å². The first-order valence-electron chi connectivity index (χ1n) is 7.57. The molecule has 0 bridgehead atoms. The predicted octanol–water partition coefficient (Wildman–Crippen LogP) is 3.22. The molecule has 1 fully saturated rings. The normalized spacial score (nSPS) is 16.0. The van der Waals surface area contributed by atoms with E-state index < -0.39 is 17.2 Å². The molecule has 1 aromatic carbocycles. The van der Waals surface area contributed by atoms with E-state index in [0.717, 1.165) is 18.9 Å². The Morgan fingerprint density at radius 2 is 2.04 bits per heavy atom. The summed E-state index contributed by atoms with van der Waals surface area (Å²) in [5.74, 6) is 0.177. The third-order valence-electron chi connectivity index (χ3n) is 4.36. The fourth-order valence-corrected chi connectivity index (χ4v) is 2.70. The molecule has 0 spiro atoms. The molecular formula is C17H17F3N2O2. The van der Waals surface area contributed by atoms with Gasteiger partial charge >= 0.3 is 6.18 Å². The van der Waals surface area contributed by atoms with Crippen LogP contribution in [-0.4, -0.2) is 12.5 Å². The molecular weight excluding hydrogens is 321 g/mol. The second-order valence-electron chi connectivity index (χ2n) is 6.05. The number of hydrogen-bond donors (Lipinski definition) is 2. The van der Waals surface area contributed by atoms with Crippen LogP contribution in [0.4, 0.5) is 13.2 Å². The lowest BCUT2D eigenvalue weighted by Crippen LogP contribution is -2.32. The van der Waals surface area contributed by atoms with Gasteiger partial charge in [0.25, 0.3) is 5.91 Å². The molecule has 1 saturated carbocycles. The minimum absolute atomic E-state index is 0.196. The van der Waals surface area contributed by atoms with E-state index in [9.17, 15) is 18.0 Å². The number of nitrogens with one attached hydrogen (secondary N) is 1. The van der Waals surface area contributed by atoms with Crippen LogP contribution in [0.5, 0.6) is 0 Å². The number of halogens is 3. The van der Waals surface area contributed by atoms with Crippen LogP contribution in [0.25, 0.3) is 0 Å². The van der Waals surface area contributed by atoms with Crippen LogP contribution in [0.15, 0.2) is 41.0 Å². The molecule has 1 aliphatic carbocycles. The third-order valence-corrected chi connectivity index (χ3v) is 4.36. The smallest absolute Gasteiger partial charge is 0.416 e. The molecule has 2 aromatic rings. The molecule has 0 aliphatic heterocycles. The minimum Gasteiger partial charge on any atom is -0.467 e. The van der Waals surface area contributed by atoms with E-state index in [4.69, 9.17) is 10.2 Å². The van der Waals surface area contributed by atoms with Crippen molar-refractivity contribution in [2.24, 2.45) is 5.73 Å². The van der Waals surface area contributed by atoms with Crippen molar-refractivity contribution in [1.82, 2.24) is 5.32 Å². The van der Waals surface area contributed by atoms with Crippen LogP contribution in [0.3, 0.4) is 0 Å². The monoisotopic (exact) mass is 338 g/mol. The fourth-order valence-electron chi connectivity index (χ4n) is 2.70. The molecule has 0 unspecified atom stereocenters. The van der Waals surface area contributed by atoms with Crippen molar-refractivity contribution in [1.29, 1.82) is 0 Å². The molecule has 1 heterocycles. The van der Waals surface area contributed by atoms with Gasteiger partial charge in [-0.25, -0.2) is 0 Å². The van der Waals surface area contributed by atoms with E-state index >= 15 is 0 Å². The minimum atomic E-state index is -4.37. The first-order chi connectivity index (χ1) is 11.3. The number of amides is 1. The van der Waals surface area contributed by atoms with Crippen LogP contribution >= 0.6 is 0 Å². The van der Waals surface area contributed by atoms with Crippen LogP contribution in [0.1, 0.15) is 40.1 Å². The Balaban J connectivity index is 1.70. The summed E-state index contributed by atoms with van der Waals surface area (Å²) in [5.41, 5.74) is 5.30. The second-order valence-corrected chi connectivity index (χ2v) is 6.05. The van der Waals surface area contributed by atoms with Crippen molar-refractivity contribution in [2.45, 2.75) is 31.0 Å². The Hall–Kier alpha value is -2.28. The maximum Gasteiger partial charge on any atom is 0.416 e. The van der Waals surface area contributed by atoms with E-state index in [1.165, 1.54) is 18.4 Å². The molecule has 3 rings (SSSR count). The van der Waals surface area contributed by atoms with Gasteiger partial charge in [-0.1, -0.05) is 18.2 Å². The van der Waals surface area contributed by atoms with Crippen molar-refractivity contribution < 1.29 is 22.4 Å². The number of nitrogens with two attached hydrogens (primary N) is 1. The van der Waals surface area contributed by atoms with Crippen molar-refractivity contribution in [3.63, 3.8) is 0 Å². The highest BCUT2D eigenvalue weighted by molar-refractivity contribution is 5.94. The van der Waals surface area contributed by atoms with Crippen molar-refractivity contribution in [3.05, 3.63) is 59.0 Å². The Morgan fingerprint density at radius 1 is 1.29 bits per heavy atom. The van der Waals surface area contributed by atoms with Gasteiger partial charge in [0.15, 0.2) is 0 Å². The van der Waals surface area contributed by atoms with Gasteiger partial charge in [-0.15, -0.1) is 0 Å². The third kappa shape index (κ3) is 3.31. The van der Waals surface area contributed by atoms with Gasteiger partial charge in [0.1, 0.15) is 12.0 Å². The number of furan rings is 1. The topological polar surface area (TPSA) is 68.3 Å². The summed E-state index contributed by atoms with van der Waals surface area (Å²) in [7, 11) is 0. The van der Waals surface area contributed by atoms with Gasteiger partial charge in [0.05, 0.1) is 17.7 Å². The predicted molar refractivity (Wildman–Crippen MR) is 81.3 cm³/mol. The molecule has 7 heteroatoms. The van der Waals surface area contributed by atoms with Crippen LogP contribution in [0, 0.1) is 0 Å². The lowest BCUT2D eigenvalue weighted by Gasteiger charge is -2.18. The summed E-state index contributed by atoms with van der Waals surface area (Å²) in [6.07, 6.45) is -1.56. The summed E-state index contributed by atoms with van der Waals surface area (Å²) in [5, 5.41) is 2.77. The summed E-state index contributed by atoms with van der Waals surface area (Å²) < 4.78 is 43.7. The quantitative estimate of drug-likeness (QED) is 0.879. The van der Waals surface area contributed by atoms with Crippen molar-refractivity contribution >= 4 is 5.91 Å². The van der Waals surface area contributed by atoms with Crippen molar-refractivity contribution in [3.8, 4) is 0 Å². The van der Waals surface area contributed by atoms with E-state index in [0.29, 0.717) is 16.9 Å². The first kappa shape index (κ1) is 16.6. The Kier molecular flexibility index (Phi) is 4.13. The molecule has 1 aliphatic rings. The number of hydrogen-bond acceptors (Lipinski definition) is 3. The number of alkyl halides is 3. The largest absolute Gasteiger partial charge is 0.467 e. The molecule has 0 radical (unpaired) electrons. The van der Waals surface area contributed by atoms with Gasteiger partial charge in [0, 0.05) is 12.0 Å². The zero-order chi connectivity index (χ0) is 17.4. The molecule has 4 nitrogen and oxygen atoms in total. The first-order valence-corrected chi connectivity index (χ1v) is 7.57. The summed E-state index contributed by atoms with van der Waals surface area (Å²) in [6.45, 7) is 0.484. The van der Waals surface area contributed by atoms with E-state index in [2.05, 4.69) is 5.32 Å². The number of carbonyl (C=O) groups excluding carboxylic acids is 1. The number of carbonyl (C=O) groups is 1. The summed E-state index contributed by atoms with van der Waals surface area (Å²) >= 11 is 0. The molecule has 1 amide bonds. The molecule has 3 N–H and O–H groups in total. The van der Waals surface area contributed by atoms with Gasteiger partial charge in [-0.2, -0.15) is 13.2 Å². The van der Waals surface area contributed by atoms with Crippen molar-refractivity contribution in [2.75, 3.05) is 6.54 Å². The van der Waals surface area contributed by atoms with E-state index in [-0.39, 0.29) is 19.0 Å². The molecule has 128 valence electrons. The van der Waals surface area contributed by atoms with E-state index in [1.807, 2.05) is 0 Å². The average Bonchev–Trinajstić information content (AvgIpc) is 3.20. The highest BCUT2D eigenvalue weighted by atomic mass is 19.4. The zero-order valence-corrected chi connectivity index (χ0v) is 12.8. The van der Waals surface area contributed by atoms with Gasteiger partial charge in [-0.3, -0.25) is 4.79 Å². The SMILES string of the molecule is NCc1cc(C(=O)NCC2(c3cccc(C(F)(F)F)c3)CC2)co1. The number of rotatable bonds is 5. The standard InChI is InChI=1S/C17H17F3N2O2/c18-17(19,20)13-3-1-2-12(7-13)16(4-5-16)10-22-15(23)11-6-14(8-21)24-9-11/h1-3,6-7,9H,4-5,8,10,21H2,(H,22,23). The van der Waals surface area contributed by atoms with E-state index in [1.54, 1.807) is 12.1 Å². The Labute approximate surface area is 136 Å². The van der Waals surface area contributed by atoms with Gasteiger partial charge in [-0.05, 0) is 30.5 Å². The van der Waals surface area contributed by atoms with Gasteiger partial charge < -0.3 is 15.5 Å². The number of benzene rings is 1. The van der Waals surface area contributed by atoms with Crippen LogP contribution in [-0.2, 0) is 18.1 Å². The highest BCUT2D eigenvalue weighted by Gasteiger charge is 2.45. The van der Waals surface area contributed by atoms with Gasteiger partial charge in [0.2, 0.25) is 0 Å². The molecule has 1 aromatic heterocycles. The zero-order valence-electron chi connectivity index (χ0n) is 12.8. The average molecular weight is 338 g/mol. The Morgan fingerprint density at radius 3 is 2.62 bits per heavy atom. The Bertz CT molecular complexity index is 748. The summed E-state index contributed by atoms with van der Waals surface area (Å²) in [6, 6.07) is 6.86. The summed E-state index contributed by atoms with van der Waals surface area (Å²) in [4.78, 5) is 12.1.